The lowest BCUT2D eigenvalue weighted by atomic mass is 10.1. The van der Waals surface area contributed by atoms with Gasteiger partial charge in [0.25, 0.3) is 0 Å². The van der Waals surface area contributed by atoms with Gasteiger partial charge in [-0.15, -0.1) is 0 Å². The molecule has 3 heterocycles. The molecule has 2 aliphatic heterocycles. The lowest BCUT2D eigenvalue weighted by Crippen LogP contribution is -2.47. The van der Waals surface area contributed by atoms with Gasteiger partial charge in [-0.2, -0.15) is 0 Å². The number of guanidine groups is 1. The van der Waals surface area contributed by atoms with E-state index in [-0.39, 0.29) is 0 Å². The number of piperidine rings is 1. The van der Waals surface area contributed by atoms with Gasteiger partial charge in [0.1, 0.15) is 5.76 Å². The van der Waals surface area contributed by atoms with Crippen molar-refractivity contribution in [2.75, 3.05) is 39.4 Å². The number of likely N-dealkylation sites (tertiary alicyclic amines) is 1. The fourth-order valence-electron chi connectivity index (χ4n) is 4.14. The molecule has 2 aliphatic rings. The molecule has 0 bridgehead atoms. The Morgan fingerprint density at radius 2 is 2.07 bits per heavy atom. The number of aromatic nitrogens is 1. The number of aryl methyl sites for hydroxylation is 2. The van der Waals surface area contributed by atoms with Gasteiger partial charge >= 0.3 is 0 Å². The Hall–Kier alpha value is -1.60. The molecule has 0 amide bonds. The van der Waals surface area contributed by atoms with Gasteiger partial charge in [-0.3, -0.25) is 4.99 Å². The quantitative estimate of drug-likeness (QED) is 0.406. The number of nitrogens with one attached hydrogen (secondary N) is 1. The molecule has 0 aliphatic carbocycles. The smallest absolute Gasteiger partial charge is 0.193 e. The summed E-state index contributed by atoms with van der Waals surface area (Å²) in [5.74, 6) is 1.96. The zero-order valence-corrected chi connectivity index (χ0v) is 18.4. The molecule has 1 aromatic rings. The summed E-state index contributed by atoms with van der Waals surface area (Å²) in [4.78, 5) is 7.23. The highest BCUT2D eigenvalue weighted by atomic mass is 16.5. The first-order valence-electron chi connectivity index (χ1n) is 11.4. The van der Waals surface area contributed by atoms with Crippen LogP contribution >= 0.6 is 0 Å². The van der Waals surface area contributed by atoms with Crippen LogP contribution in [0.25, 0.3) is 0 Å². The van der Waals surface area contributed by atoms with Crippen LogP contribution < -0.4 is 5.32 Å². The lowest BCUT2D eigenvalue weighted by Gasteiger charge is -2.35. The van der Waals surface area contributed by atoms with Crippen LogP contribution in [-0.2, 0) is 15.9 Å². The third kappa shape index (κ3) is 6.71. The SMILES string of the molecule is CCNC(=NCCCc1c(C)noc1C)N1CCC(OCC2CCCCO2)CC1. The maximum atomic E-state index is 6.15. The monoisotopic (exact) mass is 406 g/mol. The topological polar surface area (TPSA) is 72.1 Å². The second-order valence-corrected chi connectivity index (χ2v) is 8.15. The Morgan fingerprint density at radius 3 is 2.72 bits per heavy atom. The molecule has 1 unspecified atom stereocenters. The summed E-state index contributed by atoms with van der Waals surface area (Å²) in [5, 5.41) is 7.49. The van der Waals surface area contributed by atoms with E-state index in [1.165, 1.54) is 18.4 Å². The highest BCUT2D eigenvalue weighted by Gasteiger charge is 2.23. The van der Waals surface area contributed by atoms with Crippen molar-refractivity contribution < 1.29 is 14.0 Å². The fourth-order valence-corrected chi connectivity index (χ4v) is 4.14. The van der Waals surface area contributed by atoms with Gasteiger partial charge in [0.05, 0.1) is 24.5 Å². The van der Waals surface area contributed by atoms with Gasteiger partial charge in [-0.25, -0.2) is 0 Å². The molecular weight excluding hydrogens is 368 g/mol. The van der Waals surface area contributed by atoms with Gasteiger partial charge < -0.3 is 24.2 Å². The number of hydrogen-bond donors (Lipinski definition) is 1. The van der Waals surface area contributed by atoms with Crippen LogP contribution in [0.2, 0.25) is 0 Å². The molecule has 0 radical (unpaired) electrons. The van der Waals surface area contributed by atoms with Gasteiger partial charge in [0.2, 0.25) is 0 Å². The van der Waals surface area contributed by atoms with Crippen molar-refractivity contribution in [3.05, 3.63) is 17.0 Å². The Balaban J connectivity index is 1.40. The third-order valence-electron chi connectivity index (χ3n) is 5.90. The Morgan fingerprint density at radius 1 is 1.24 bits per heavy atom. The first kappa shape index (κ1) is 22.1. The highest BCUT2D eigenvalue weighted by Crippen LogP contribution is 2.18. The van der Waals surface area contributed by atoms with Crippen molar-refractivity contribution in [3.63, 3.8) is 0 Å². The molecule has 29 heavy (non-hydrogen) atoms. The first-order valence-corrected chi connectivity index (χ1v) is 11.4. The molecular formula is C22H38N4O3. The van der Waals surface area contributed by atoms with E-state index in [1.807, 2.05) is 13.8 Å². The van der Waals surface area contributed by atoms with E-state index in [9.17, 15) is 0 Å². The average molecular weight is 407 g/mol. The average Bonchev–Trinajstić information content (AvgIpc) is 3.07. The van der Waals surface area contributed by atoms with Crippen molar-refractivity contribution in [1.29, 1.82) is 0 Å². The summed E-state index contributed by atoms with van der Waals surface area (Å²) in [7, 11) is 0. The van der Waals surface area contributed by atoms with E-state index < -0.39 is 0 Å². The van der Waals surface area contributed by atoms with E-state index in [2.05, 4.69) is 22.3 Å². The first-order chi connectivity index (χ1) is 14.2. The molecule has 164 valence electrons. The Labute approximate surface area is 175 Å². The number of nitrogens with zero attached hydrogens (tertiary/aromatic N) is 3. The summed E-state index contributed by atoms with van der Waals surface area (Å²) in [6.45, 7) is 11.4. The van der Waals surface area contributed by atoms with Gasteiger partial charge in [-0.1, -0.05) is 5.16 Å². The minimum atomic E-state index is 0.304. The summed E-state index contributed by atoms with van der Waals surface area (Å²) >= 11 is 0. The molecule has 3 rings (SSSR count). The summed E-state index contributed by atoms with van der Waals surface area (Å²) < 4.78 is 17.2. The van der Waals surface area contributed by atoms with Crippen molar-refractivity contribution in [3.8, 4) is 0 Å². The molecule has 1 N–H and O–H groups in total. The van der Waals surface area contributed by atoms with E-state index in [0.717, 1.165) is 88.9 Å². The molecule has 7 nitrogen and oxygen atoms in total. The van der Waals surface area contributed by atoms with Crippen molar-refractivity contribution in [2.45, 2.75) is 77.9 Å². The summed E-state index contributed by atoms with van der Waals surface area (Å²) in [6, 6.07) is 0. The molecule has 1 aromatic heterocycles. The number of ether oxygens (including phenoxy) is 2. The Kier molecular flexibility index (Phi) is 8.80. The lowest BCUT2D eigenvalue weighted by molar-refractivity contribution is -0.0721. The molecule has 7 heteroatoms. The molecule has 2 saturated heterocycles. The minimum Gasteiger partial charge on any atom is -0.376 e. The van der Waals surface area contributed by atoms with Crippen molar-refractivity contribution in [1.82, 2.24) is 15.4 Å². The highest BCUT2D eigenvalue weighted by molar-refractivity contribution is 5.80. The van der Waals surface area contributed by atoms with Gasteiger partial charge in [0, 0.05) is 38.3 Å². The molecule has 0 spiro atoms. The largest absolute Gasteiger partial charge is 0.376 e. The summed E-state index contributed by atoms with van der Waals surface area (Å²) in [6.07, 6.45) is 8.32. The second-order valence-electron chi connectivity index (χ2n) is 8.15. The molecule has 2 fully saturated rings. The third-order valence-corrected chi connectivity index (χ3v) is 5.90. The predicted molar refractivity (Wildman–Crippen MR) is 114 cm³/mol. The van der Waals surface area contributed by atoms with Gasteiger partial charge in [0.15, 0.2) is 5.96 Å². The summed E-state index contributed by atoms with van der Waals surface area (Å²) in [5.41, 5.74) is 2.23. The van der Waals surface area contributed by atoms with Crippen LogP contribution in [0.3, 0.4) is 0 Å². The van der Waals surface area contributed by atoms with Crippen molar-refractivity contribution in [2.24, 2.45) is 4.99 Å². The maximum absolute atomic E-state index is 6.15. The van der Waals surface area contributed by atoms with Crippen LogP contribution in [-0.4, -0.2) is 67.6 Å². The van der Waals surface area contributed by atoms with Crippen LogP contribution in [0.5, 0.6) is 0 Å². The van der Waals surface area contributed by atoms with Crippen LogP contribution in [0, 0.1) is 13.8 Å². The van der Waals surface area contributed by atoms with Crippen LogP contribution in [0.1, 0.15) is 62.5 Å². The zero-order valence-electron chi connectivity index (χ0n) is 18.4. The van der Waals surface area contributed by atoms with Gasteiger partial charge in [-0.05, 0) is 65.7 Å². The second kappa shape index (κ2) is 11.6. The maximum Gasteiger partial charge on any atom is 0.193 e. The fraction of sp³-hybridized carbons (Fsp3) is 0.818. The number of aliphatic imine (C=N–C) groups is 1. The number of rotatable bonds is 8. The van der Waals surface area contributed by atoms with E-state index in [4.69, 9.17) is 19.0 Å². The standard InChI is InChI=1S/C22H38N4O3/c1-4-23-22(24-12-7-9-21-17(2)25-29-18(21)3)26-13-10-19(11-14-26)28-16-20-8-5-6-15-27-20/h19-20H,4-16H2,1-3H3,(H,23,24). The van der Waals surface area contributed by atoms with E-state index in [1.54, 1.807) is 0 Å². The Bertz CT molecular complexity index is 613. The van der Waals surface area contributed by atoms with Crippen LogP contribution in [0.15, 0.2) is 9.52 Å². The van der Waals surface area contributed by atoms with E-state index >= 15 is 0 Å². The van der Waals surface area contributed by atoms with Crippen molar-refractivity contribution >= 4 is 5.96 Å². The predicted octanol–water partition coefficient (Wildman–Crippen LogP) is 3.24. The number of hydrogen-bond acceptors (Lipinski definition) is 5. The minimum absolute atomic E-state index is 0.304. The van der Waals surface area contributed by atoms with Crippen LogP contribution in [0.4, 0.5) is 0 Å². The molecule has 0 aromatic carbocycles. The molecule has 1 atom stereocenters. The van der Waals surface area contributed by atoms with E-state index in [0.29, 0.717) is 12.2 Å². The molecule has 0 saturated carbocycles. The zero-order chi connectivity index (χ0) is 20.5. The normalized spacial score (nSPS) is 21.6.